The number of aromatic amines is 1. The minimum Gasteiger partial charge on any atom is -0.493 e. The van der Waals surface area contributed by atoms with Gasteiger partial charge in [0, 0.05) is 6.07 Å². The van der Waals surface area contributed by atoms with Gasteiger partial charge in [-0.05, 0) is 23.8 Å². The van der Waals surface area contributed by atoms with Crippen molar-refractivity contribution in [1.29, 1.82) is 0 Å². The van der Waals surface area contributed by atoms with E-state index in [1.165, 1.54) is 31.4 Å². The SMILES string of the molecule is COc1cc(S(=O)(=O)c2ccccc2)c(-c2n[nH]c(=O)o2)cc1OCc1ccccc1. The van der Waals surface area contributed by atoms with Gasteiger partial charge in [-0.15, -0.1) is 5.10 Å². The molecule has 0 saturated carbocycles. The number of hydrogen-bond acceptors (Lipinski definition) is 7. The normalized spacial score (nSPS) is 11.3. The Morgan fingerprint density at radius 3 is 2.26 bits per heavy atom. The zero-order chi connectivity index (χ0) is 21.8. The summed E-state index contributed by atoms with van der Waals surface area (Å²) in [5.41, 5.74) is 0.990. The summed E-state index contributed by atoms with van der Waals surface area (Å²) < 4.78 is 43.0. The van der Waals surface area contributed by atoms with Gasteiger partial charge in [0.15, 0.2) is 11.5 Å². The molecule has 4 rings (SSSR count). The molecule has 3 aromatic carbocycles. The average Bonchev–Trinajstić information content (AvgIpc) is 3.24. The first kappa shape index (κ1) is 20.4. The monoisotopic (exact) mass is 438 g/mol. The number of ether oxygens (including phenoxy) is 2. The first-order valence-corrected chi connectivity index (χ1v) is 10.7. The number of sulfone groups is 1. The Bertz CT molecular complexity index is 1350. The van der Waals surface area contributed by atoms with Gasteiger partial charge in [-0.3, -0.25) is 0 Å². The summed E-state index contributed by atoms with van der Waals surface area (Å²) in [6.07, 6.45) is 0. The number of rotatable bonds is 7. The van der Waals surface area contributed by atoms with Crippen LogP contribution >= 0.6 is 0 Å². The zero-order valence-electron chi connectivity index (χ0n) is 16.4. The van der Waals surface area contributed by atoms with Crippen LogP contribution in [0.2, 0.25) is 0 Å². The molecule has 0 aliphatic rings. The summed E-state index contributed by atoms with van der Waals surface area (Å²) in [5, 5.41) is 5.96. The van der Waals surface area contributed by atoms with Gasteiger partial charge in [-0.25, -0.2) is 18.3 Å². The van der Waals surface area contributed by atoms with E-state index >= 15 is 0 Å². The Kier molecular flexibility index (Phi) is 5.59. The van der Waals surface area contributed by atoms with Crippen LogP contribution in [0, 0.1) is 0 Å². The number of hydrogen-bond donors (Lipinski definition) is 1. The molecule has 0 aliphatic heterocycles. The summed E-state index contributed by atoms with van der Waals surface area (Å²) in [5.74, 6) is -0.488. The van der Waals surface area contributed by atoms with Crippen LogP contribution in [-0.2, 0) is 16.4 Å². The molecule has 0 aliphatic carbocycles. The third-order valence-electron chi connectivity index (χ3n) is 4.51. The highest BCUT2D eigenvalue weighted by Gasteiger charge is 2.27. The van der Waals surface area contributed by atoms with Crippen LogP contribution in [0.1, 0.15) is 5.56 Å². The van der Waals surface area contributed by atoms with Crippen molar-refractivity contribution in [1.82, 2.24) is 10.2 Å². The third-order valence-corrected chi connectivity index (χ3v) is 6.32. The summed E-state index contributed by atoms with van der Waals surface area (Å²) in [6.45, 7) is 0.228. The Morgan fingerprint density at radius 2 is 1.65 bits per heavy atom. The predicted molar refractivity (Wildman–Crippen MR) is 112 cm³/mol. The fraction of sp³-hybridized carbons (Fsp3) is 0.0909. The van der Waals surface area contributed by atoms with Gasteiger partial charge in [0.05, 0.1) is 22.5 Å². The highest BCUT2D eigenvalue weighted by Crippen LogP contribution is 2.39. The van der Waals surface area contributed by atoms with Gasteiger partial charge >= 0.3 is 5.76 Å². The molecule has 1 heterocycles. The quantitative estimate of drug-likeness (QED) is 0.470. The molecule has 0 atom stereocenters. The van der Waals surface area contributed by atoms with E-state index in [0.717, 1.165) is 5.56 Å². The molecule has 8 nitrogen and oxygen atoms in total. The molecule has 158 valence electrons. The molecule has 0 amide bonds. The van der Waals surface area contributed by atoms with E-state index in [-0.39, 0.29) is 39.4 Å². The van der Waals surface area contributed by atoms with Crippen LogP contribution in [0.5, 0.6) is 11.5 Å². The molecule has 0 spiro atoms. The predicted octanol–water partition coefficient (Wildman–Crippen LogP) is 3.45. The molecule has 0 bridgehead atoms. The summed E-state index contributed by atoms with van der Waals surface area (Å²) in [7, 11) is -2.56. The lowest BCUT2D eigenvalue weighted by atomic mass is 10.2. The fourth-order valence-electron chi connectivity index (χ4n) is 3.01. The van der Waals surface area contributed by atoms with E-state index in [1.807, 2.05) is 30.3 Å². The number of nitrogens with zero attached hydrogens (tertiary/aromatic N) is 1. The Labute approximate surface area is 178 Å². The second kappa shape index (κ2) is 8.49. The number of aromatic nitrogens is 2. The molecule has 0 fully saturated rings. The number of nitrogens with one attached hydrogen (secondary N) is 1. The first-order valence-electron chi connectivity index (χ1n) is 9.24. The van der Waals surface area contributed by atoms with Crippen molar-refractivity contribution in [2.75, 3.05) is 7.11 Å². The second-order valence-electron chi connectivity index (χ2n) is 6.51. The zero-order valence-corrected chi connectivity index (χ0v) is 17.3. The van der Waals surface area contributed by atoms with Crippen LogP contribution < -0.4 is 15.2 Å². The lowest BCUT2D eigenvalue weighted by Gasteiger charge is -2.15. The average molecular weight is 438 g/mol. The van der Waals surface area contributed by atoms with Gasteiger partial charge < -0.3 is 13.9 Å². The van der Waals surface area contributed by atoms with E-state index in [1.54, 1.807) is 18.2 Å². The maximum Gasteiger partial charge on any atom is 0.434 e. The lowest BCUT2D eigenvalue weighted by Crippen LogP contribution is -2.06. The van der Waals surface area contributed by atoms with Crippen molar-refractivity contribution >= 4 is 9.84 Å². The number of benzene rings is 3. The van der Waals surface area contributed by atoms with Crippen molar-refractivity contribution in [2.24, 2.45) is 0 Å². The van der Waals surface area contributed by atoms with Gasteiger partial charge in [0.1, 0.15) is 6.61 Å². The van der Waals surface area contributed by atoms with Crippen molar-refractivity contribution in [3.8, 4) is 23.0 Å². The molecule has 0 saturated heterocycles. The number of methoxy groups -OCH3 is 1. The molecule has 1 aromatic heterocycles. The summed E-state index contributed by atoms with van der Waals surface area (Å²) in [6, 6.07) is 20.2. The maximum absolute atomic E-state index is 13.3. The minimum atomic E-state index is -3.98. The van der Waals surface area contributed by atoms with Crippen molar-refractivity contribution < 1.29 is 22.3 Å². The molecular formula is C22H18N2O6S. The van der Waals surface area contributed by atoms with E-state index in [4.69, 9.17) is 13.9 Å². The van der Waals surface area contributed by atoms with Gasteiger partial charge in [-0.1, -0.05) is 48.5 Å². The van der Waals surface area contributed by atoms with Crippen molar-refractivity contribution in [3.63, 3.8) is 0 Å². The van der Waals surface area contributed by atoms with Gasteiger partial charge in [0.2, 0.25) is 9.84 Å². The van der Waals surface area contributed by atoms with Gasteiger partial charge in [0.25, 0.3) is 5.89 Å². The van der Waals surface area contributed by atoms with Crippen LogP contribution in [0.3, 0.4) is 0 Å². The highest BCUT2D eigenvalue weighted by molar-refractivity contribution is 7.91. The Hall–Kier alpha value is -3.85. The molecular weight excluding hydrogens is 420 g/mol. The molecule has 4 aromatic rings. The standard InChI is InChI=1S/C22H18N2O6S/c1-28-18-13-20(31(26,27)16-10-6-3-7-11-16)17(21-23-24-22(25)30-21)12-19(18)29-14-15-8-4-2-5-9-15/h2-13H,14H2,1H3,(H,24,25). The molecule has 9 heteroatoms. The van der Waals surface area contributed by atoms with Gasteiger partial charge in [-0.2, -0.15) is 0 Å². The van der Waals surface area contributed by atoms with E-state index < -0.39 is 15.6 Å². The summed E-state index contributed by atoms with van der Waals surface area (Å²) in [4.78, 5) is 11.5. The second-order valence-corrected chi connectivity index (χ2v) is 8.43. The molecule has 31 heavy (non-hydrogen) atoms. The first-order chi connectivity index (χ1) is 15.0. The van der Waals surface area contributed by atoms with E-state index in [2.05, 4.69) is 10.2 Å². The lowest BCUT2D eigenvalue weighted by molar-refractivity contribution is 0.284. The summed E-state index contributed by atoms with van der Waals surface area (Å²) >= 11 is 0. The highest BCUT2D eigenvalue weighted by atomic mass is 32.2. The van der Waals surface area contributed by atoms with Crippen LogP contribution in [0.15, 0.2) is 91.8 Å². The number of H-pyrrole nitrogens is 1. The Balaban J connectivity index is 1.85. The maximum atomic E-state index is 13.3. The molecule has 1 N–H and O–H groups in total. The van der Waals surface area contributed by atoms with Crippen LogP contribution in [0.25, 0.3) is 11.5 Å². The third kappa shape index (κ3) is 4.22. The van der Waals surface area contributed by atoms with E-state index in [9.17, 15) is 13.2 Å². The topological polar surface area (TPSA) is 111 Å². The Morgan fingerprint density at radius 1 is 0.968 bits per heavy atom. The smallest absolute Gasteiger partial charge is 0.434 e. The van der Waals surface area contributed by atoms with Crippen LogP contribution in [-0.4, -0.2) is 25.7 Å². The van der Waals surface area contributed by atoms with E-state index in [0.29, 0.717) is 0 Å². The molecule has 0 radical (unpaired) electrons. The van der Waals surface area contributed by atoms with Crippen LogP contribution in [0.4, 0.5) is 0 Å². The van der Waals surface area contributed by atoms with Crippen molar-refractivity contribution in [2.45, 2.75) is 16.4 Å². The minimum absolute atomic E-state index is 0.0751. The van der Waals surface area contributed by atoms with Crippen molar-refractivity contribution in [3.05, 3.63) is 88.9 Å². The molecule has 0 unspecified atom stereocenters. The fourth-order valence-corrected chi connectivity index (χ4v) is 4.48. The largest absolute Gasteiger partial charge is 0.493 e.